The Bertz CT molecular complexity index is 415. The minimum atomic E-state index is -0.972. The maximum atomic E-state index is 11.6. The van der Waals surface area contributed by atoms with Crippen molar-refractivity contribution in [1.29, 1.82) is 0 Å². The van der Waals surface area contributed by atoms with Gasteiger partial charge in [0.25, 0.3) is 0 Å². The fraction of sp³-hybridized carbons (Fsp3) is 0.429. The molecule has 0 atom stereocenters. The number of nitrogens with one attached hydrogen (secondary N) is 1. The van der Waals surface area contributed by atoms with Crippen LogP contribution in [-0.2, 0) is 11.2 Å². The van der Waals surface area contributed by atoms with Gasteiger partial charge in [-0.3, -0.25) is 4.79 Å². The lowest BCUT2D eigenvalue weighted by molar-refractivity contribution is -0.120. The van der Waals surface area contributed by atoms with Gasteiger partial charge >= 0.3 is 5.97 Å². The van der Waals surface area contributed by atoms with Crippen molar-refractivity contribution < 1.29 is 14.7 Å². The second-order valence-electron chi connectivity index (χ2n) is 4.24. The molecule has 0 aliphatic carbocycles. The Hall–Kier alpha value is -1.84. The number of unbranched alkanes of at least 4 members (excludes halogenated alkanes) is 2. The smallest absolute Gasteiger partial charge is 0.335 e. The van der Waals surface area contributed by atoms with Gasteiger partial charge in [0.2, 0.25) is 5.91 Å². The van der Waals surface area contributed by atoms with Crippen molar-refractivity contribution in [2.24, 2.45) is 0 Å². The van der Waals surface area contributed by atoms with E-state index in [0.29, 0.717) is 6.54 Å². The molecule has 0 bridgehead atoms. The Balaban J connectivity index is 2.44. The Morgan fingerprint density at radius 1 is 1.28 bits per heavy atom. The van der Waals surface area contributed by atoms with Crippen LogP contribution >= 0.6 is 0 Å². The predicted molar refractivity (Wildman–Crippen MR) is 69.6 cm³/mol. The SMILES string of the molecule is CCCCCNC(=O)Cc1cccc(C(=O)O)c1. The number of benzene rings is 1. The molecule has 0 saturated carbocycles. The standard InChI is InChI=1S/C14H19NO3/c1-2-3-4-8-15-13(16)10-11-6-5-7-12(9-11)14(17)18/h5-7,9H,2-4,8,10H2,1H3,(H,15,16)(H,17,18). The summed E-state index contributed by atoms with van der Waals surface area (Å²) < 4.78 is 0. The van der Waals surface area contributed by atoms with Crippen molar-refractivity contribution in [1.82, 2.24) is 5.32 Å². The molecule has 0 radical (unpaired) electrons. The first-order chi connectivity index (χ1) is 8.63. The van der Waals surface area contributed by atoms with E-state index in [4.69, 9.17) is 5.11 Å². The molecule has 1 aromatic carbocycles. The van der Waals surface area contributed by atoms with Gasteiger partial charge in [0.15, 0.2) is 0 Å². The molecule has 18 heavy (non-hydrogen) atoms. The molecular formula is C14H19NO3. The number of carbonyl (C=O) groups excluding carboxylic acids is 1. The monoisotopic (exact) mass is 249 g/mol. The first-order valence-corrected chi connectivity index (χ1v) is 6.22. The summed E-state index contributed by atoms with van der Waals surface area (Å²) in [6.45, 7) is 2.80. The molecule has 1 rings (SSSR count). The molecule has 0 aliphatic heterocycles. The third-order valence-electron chi connectivity index (χ3n) is 2.64. The van der Waals surface area contributed by atoms with Crippen LogP contribution in [-0.4, -0.2) is 23.5 Å². The maximum absolute atomic E-state index is 11.6. The number of hydrogen-bond acceptors (Lipinski definition) is 2. The third kappa shape index (κ3) is 4.99. The summed E-state index contributed by atoms with van der Waals surface area (Å²) in [5.74, 6) is -1.03. The number of carboxylic acids is 1. The number of carboxylic acid groups (broad SMARTS) is 1. The second kappa shape index (κ2) is 7.48. The molecule has 0 aromatic heterocycles. The van der Waals surface area contributed by atoms with Crippen molar-refractivity contribution in [2.75, 3.05) is 6.54 Å². The average molecular weight is 249 g/mol. The van der Waals surface area contributed by atoms with Crippen LogP contribution in [0, 0.1) is 0 Å². The highest BCUT2D eigenvalue weighted by atomic mass is 16.4. The molecule has 0 fully saturated rings. The minimum Gasteiger partial charge on any atom is -0.478 e. The lowest BCUT2D eigenvalue weighted by Crippen LogP contribution is -2.26. The summed E-state index contributed by atoms with van der Waals surface area (Å²) in [6, 6.07) is 6.47. The van der Waals surface area contributed by atoms with Gasteiger partial charge in [0, 0.05) is 6.54 Å². The van der Waals surface area contributed by atoms with Crippen molar-refractivity contribution in [3.05, 3.63) is 35.4 Å². The largest absolute Gasteiger partial charge is 0.478 e. The zero-order valence-corrected chi connectivity index (χ0v) is 10.6. The maximum Gasteiger partial charge on any atom is 0.335 e. The fourth-order valence-corrected chi connectivity index (χ4v) is 1.67. The molecule has 1 aromatic rings. The van der Waals surface area contributed by atoms with Crippen molar-refractivity contribution in [3.63, 3.8) is 0 Å². The summed E-state index contributed by atoms with van der Waals surface area (Å²) in [7, 11) is 0. The lowest BCUT2D eigenvalue weighted by atomic mass is 10.1. The van der Waals surface area contributed by atoms with Gasteiger partial charge in [-0.2, -0.15) is 0 Å². The Morgan fingerprint density at radius 3 is 2.72 bits per heavy atom. The second-order valence-corrected chi connectivity index (χ2v) is 4.24. The van der Waals surface area contributed by atoms with E-state index in [1.54, 1.807) is 12.1 Å². The van der Waals surface area contributed by atoms with Crippen LogP contribution in [0.5, 0.6) is 0 Å². The van der Waals surface area contributed by atoms with E-state index < -0.39 is 5.97 Å². The highest BCUT2D eigenvalue weighted by Crippen LogP contribution is 2.06. The zero-order chi connectivity index (χ0) is 13.4. The Morgan fingerprint density at radius 2 is 2.06 bits per heavy atom. The van der Waals surface area contributed by atoms with E-state index in [9.17, 15) is 9.59 Å². The minimum absolute atomic E-state index is 0.0614. The van der Waals surface area contributed by atoms with Crippen LogP contribution in [0.1, 0.15) is 42.1 Å². The molecule has 0 aliphatic rings. The van der Waals surface area contributed by atoms with E-state index in [1.165, 1.54) is 12.1 Å². The molecule has 2 N–H and O–H groups in total. The van der Waals surface area contributed by atoms with Crippen LogP contribution in [0.2, 0.25) is 0 Å². The number of aromatic carboxylic acids is 1. The third-order valence-corrected chi connectivity index (χ3v) is 2.64. The van der Waals surface area contributed by atoms with Gasteiger partial charge in [-0.15, -0.1) is 0 Å². The number of carbonyl (C=O) groups is 2. The van der Waals surface area contributed by atoms with Gasteiger partial charge in [-0.25, -0.2) is 4.79 Å². The fourth-order valence-electron chi connectivity index (χ4n) is 1.67. The van der Waals surface area contributed by atoms with Crippen molar-refractivity contribution in [3.8, 4) is 0 Å². The number of amides is 1. The van der Waals surface area contributed by atoms with Crippen molar-refractivity contribution in [2.45, 2.75) is 32.6 Å². The summed E-state index contributed by atoms with van der Waals surface area (Å²) in [5.41, 5.74) is 0.939. The normalized spacial score (nSPS) is 10.1. The first-order valence-electron chi connectivity index (χ1n) is 6.22. The van der Waals surface area contributed by atoms with Gasteiger partial charge in [-0.1, -0.05) is 31.9 Å². The summed E-state index contributed by atoms with van der Waals surface area (Å²) in [4.78, 5) is 22.4. The van der Waals surface area contributed by atoms with E-state index >= 15 is 0 Å². The highest BCUT2D eigenvalue weighted by molar-refractivity contribution is 5.88. The molecule has 1 amide bonds. The molecule has 98 valence electrons. The molecule has 0 spiro atoms. The predicted octanol–water partition coefficient (Wildman–Crippen LogP) is 2.23. The van der Waals surface area contributed by atoms with Gasteiger partial charge in [0.1, 0.15) is 0 Å². The van der Waals surface area contributed by atoms with Crippen LogP contribution in [0.25, 0.3) is 0 Å². The molecule has 0 heterocycles. The number of rotatable bonds is 7. The molecule has 4 nitrogen and oxygen atoms in total. The van der Waals surface area contributed by atoms with E-state index in [0.717, 1.165) is 24.8 Å². The van der Waals surface area contributed by atoms with E-state index in [2.05, 4.69) is 12.2 Å². The van der Waals surface area contributed by atoms with Gasteiger partial charge in [0.05, 0.1) is 12.0 Å². The summed E-state index contributed by atoms with van der Waals surface area (Å²) >= 11 is 0. The highest BCUT2D eigenvalue weighted by Gasteiger charge is 2.06. The molecule has 4 heteroatoms. The quantitative estimate of drug-likeness (QED) is 0.728. The molecule has 0 unspecified atom stereocenters. The van der Waals surface area contributed by atoms with E-state index in [1.807, 2.05) is 0 Å². The van der Waals surface area contributed by atoms with Crippen LogP contribution in [0.3, 0.4) is 0 Å². The zero-order valence-electron chi connectivity index (χ0n) is 10.6. The van der Waals surface area contributed by atoms with E-state index in [-0.39, 0.29) is 17.9 Å². The summed E-state index contributed by atoms with van der Waals surface area (Å²) in [5, 5.41) is 11.7. The first kappa shape index (κ1) is 14.2. The average Bonchev–Trinajstić information content (AvgIpc) is 2.35. The van der Waals surface area contributed by atoms with Gasteiger partial charge in [-0.05, 0) is 24.1 Å². The summed E-state index contributed by atoms with van der Waals surface area (Å²) in [6.07, 6.45) is 3.44. The molecule has 0 saturated heterocycles. The molecular weight excluding hydrogens is 230 g/mol. The lowest BCUT2D eigenvalue weighted by Gasteiger charge is -2.05. The van der Waals surface area contributed by atoms with Gasteiger partial charge < -0.3 is 10.4 Å². The van der Waals surface area contributed by atoms with Crippen molar-refractivity contribution >= 4 is 11.9 Å². The van der Waals surface area contributed by atoms with Crippen LogP contribution in [0.4, 0.5) is 0 Å². The van der Waals surface area contributed by atoms with Crippen LogP contribution < -0.4 is 5.32 Å². The Kier molecular flexibility index (Phi) is 5.91. The number of hydrogen-bond donors (Lipinski definition) is 2. The Labute approximate surface area is 107 Å². The topological polar surface area (TPSA) is 66.4 Å². The van der Waals surface area contributed by atoms with Crippen LogP contribution in [0.15, 0.2) is 24.3 Å².